The van der Waals surface area contributed by atoms with Crippen molar-refractivity contribution in [3.63, 3.8) is 0 Å². The average Bonchev–Trinajstić information content (AvgIpc) is 2.79. The number of hydrogen-bond donors (Lipinski definition) is 0. The van der Waals surface area contributed by atoms with Gasteiger partial charge < -0.3 is 0 Å². The first-order chi connectivity index (χ1) is 13.9. The standard InChI is InChI=1S/C26H25PS/c1-5-13-22(14-6-1)26(21-28-25-19-11-4-12-20-25)27(23-15-7-2-8-16-23)24-17-9-3-10-18-24/h2-4,7-13,15-21H,1,5-6,14H2/b26-21+. The summed E-state index contributed by atoms with van der Waals surface area (Å²) in [6.07, 6.45) is 7.50. The Kier molecular flexibility index (Phi) is 6.82. The maximum absolute atomic E-state index is 2.49. The molecule has 0 spiro atoms. The van der Waals surface area contributed by atoms with Gasteiger partial charge in [-0.1, -0.05) is 96.7 Å². The van der Waals surface area contributed by atoms with E-state index in [2.05, 4.69) is 102 Å². The fraction of sp³-hybridized carbons (Fsp3) is 0.154. The molecule has 4 rings (SSSR count). The molecule has 0 unspecified atom stereocenters. The fourth-order valence-electron chi connectivity index (χ4n) is 3.55. The molecule has 0 amide bonds. The Bertz CT molecular complexity index is 890. The van der Waals surface area contributed by atoms with E-state index in [0.29, 0.717) is 0 Å². The highest BCUT2D eigenvalue weighted by atomic mass is 32.2. The molecule has 1 aliphatic carbocycles. The quantitative estimate of drug-likeness (QED) is 0.310. The lowest BCUT2D eigenvalue weighted by Crippen LogP contribution is -2.14. The van der Waals surface area contributed by atoms with Gasteiger partial charge in [-0.05, 0) is 72.6 Å². The molecule has 1 aliphatic rings. The topological polar surface area (TPSA) is 0 Å². The molecule has 0 fully saturated rings. The van der Waals surface area contributed by atoms with Gasteiger partial charge in [-0.25, -0.2) is 0 Å². The molecule has 3 aromatic carbocycles. The number of thioether (sulfide) groups is 1. The minimum Gasteiger partial charge on any atom is -0.0974 e. The maximum Gasteiger partial charge on any atom is 0.0116 e. The van der Waals surface area contributed by atoms with Crippen molar-refractivity contribution < 1.29 is 0 Å². The second kappa shape index (κ2) is 9.92. The molecule has 0 N–H and O–H groups in total. The molecule has 0 saturated carbocycles. The lowest BCUT2D eigenvalue weighted by atomic mass is 10.00. The van der Waals surface area contributed by atoms with Gasteiger partial charge >= 0.3 is 0 Å². The van der Waals surface area contributed by atoms with Crippen molar-refractivity contribution >= 4 is 30.3 Å². The van der Waals surface area contributed by atoms with E-state index < -0.39 is 7.92 Å². The van der Waals surface area contributed by atoms with Crippen LogP contribution >= 0.6 is 19.7 Å². The zero-order valence-corrected chi connectivity index (χ0v) is 17.7. The summed E-state index contributed by atoms with van der Waals surface area (Å²) in [6.45, 7) is 0. The van der Waals surface area contributed by atoms with Crippen molar-refractivity contribution in [2.45, 2.75) is 30.6 Å². The van der Waals surface area contributed by atoms with E-state index >= 15 is 0 Å². The monoisotopic (exact) mass is 400 g/mol. The van der Waals surface area contributed by atoms with E-state index in [4.69, 9.17) is 0 Å². The highest BCUT2D eigenvalue weighted by molar-refractivity contribution is 8.02. The number of hydrogen-bond acceptors (Lipinski definition) is 1. The summed E-state index contributed by atoms with van der Waals surface area (Å²) in [4.78, 5) is 1.30. The first kappa shape index (κ1) is 19.2. The van der Waals surface area contributed by atoms with Crippen molar-refractivity contribution in [1.29, 1.82) is 0 Å². The van der Waals surface area contributed by atoms with Gasteiger partial charge in [0.05, 0.1) is 0 Å². The average molecular weight is 401 g/mol. The van der Waals surface area contributed by atoms with Crippen LogP contribution in [0.2, 0.25) is 0 Å². The van der Waals surface area contributed by atoms with Crippen LogP contribution in [0.4, 0.5) is 0 Å². The van der Waals surface area contributed by atoms with E-state index in [0.717, 1.165) is 0 Å². The maximum atomic E-state index is 2.49. The predicted octanol–water partition coefficient (Wildman–Crippen LogP) is 7.25. The van der Waals surface area contributed by atoms with E-state index in [-0.39, 0.29) is 0 Å². The van der Waals surface area contributed by atoms with Gasteiger partial charge in [-0.15, -0.1) is 0 Å². The van der Waals surface area contributed by atoms with Gasteiger partial charge in [0, 0.05) is 4.90 Å². The number of benzene rings is 3. The van der Waals surface area contributed by atoms with Crippen molar-refractivity contribution in [2.75, 3.05) is 0 Å². The summed E-state index contributed by atoms with van der Waals surface area (Å²) in [5.74, 6) is 0. The van der Waals surface area contributed by atoms with Crippen LogP contribution in [0.15, 0.2) is 118 Å². The Morgan fingerprint density at radius 1 is 0.714 bits per heavy atom. The first-order valence-corrected chi connectivity index (χ1v) is 12.2. The van der Waals surface area contributed by atoms with Crippen LogP contribution in [0.3, 0.4) is 0 Å². The Morgan fingerprint density at radius 2 is 1.29 bits per heavy atom. The van der Waals surface area contributed by atoms with E-state index in [1.54, 1.807) is 5.57 Å². The van der Waals surface area contributed by atoms with E-state index in [9.17, 15) is 0 Å². The summed E-state index contributed by atoms with van der Waals surface area (Å²) < 4.78 is 0. The molecule has 0 saturated heterocycles. The first-order valence-electron chi connectivity index (χ1n) is 9.93. The minimum absolute atomic E-state index is 0.561. The molecule has 0 radical (unpaired) electrons. The molecule has 0 nitrogen and oxygen atoms in total. The number of rotatable bonds is 6. The highest BCUT2D eigenvalue weighted by Gasteiger charge is 2.22. The summed E-state index contributed by atoms with van der Waals surface area (Å²) >= 11 is 1.85. The van der Waals surface area contributed by atoms with Gasteiger partial charge in [0.1, 0.15) is 0 Å². The normalized spacial score (nSPS) is 14.8. The van der Waals surface area contributed by atoms with Crippen LogP contribution in [0, 0.1) is 0 Å². The lowest BCUT2D eigenvalue weighted by Gasteiger charge is -2.26. The van der Waals surface area contributed by atoms with Gasteiger partial charge in [-0.3, -0.25) is 0 Å². The van der Waals surface area contributed by atoms with Crippen LogP contribution in [0.5, 0.6) is 0 Å². The lowest BCUT2D eigenvalue weighted by molar-refractivity contribution is 0.710. The Hall–Kier alpha value is -2.08. The Morgan fingerprint density at radius 3 is 1.82 bits per heavy atom. The fourth-order valence-corrected chi connectivity index (χ4v) is 7.13. The second-order valence-corrected chi connectivity index (χ2v) is 10.0. The summed E-state index contributed by atoms with van der Waals surface area (Å²) in [5, 5.41) is 6.80. The highest BCUT2D eigenvalue weighted by Crippen LogP contribution is 2.50. The summed E-state index contributed by atoms with van der Waals surface area (Å²) in [5.41, 5.74) is 1.55. The third kappa shape index (κ3) is 4.85. The molecule has 0 heterocycles. The van der Waals surface area contributed by atoms with Crippen molar-refractivity contribution in [1.82, 2.24) is 0 Å². The Balaban J connectivity index is 1.80. The van der Waals surface area contributed by atoms with Crippen LogP contribution in [-0.2, 0) is 0 Å². The van der Waals surface area contributed by atoms with Crippen LogP contribution in [-0.4, -0.2) is 0 Å². The molecule has 0 aromatic heterocycles. The third-order valence-electron chi connectivity index (χ3n) is 4.94. The van der Waals surface area contributed by atoms with E-state index in [1.807, 2.05) is 11.8 Å². The molecule has 3 aromatic rings. The van der Waals surface area contributed by atoms with Crippen LogP contribution < -0.4 is 10.6 Å². The van der Waals surface area contributed by atoms with Gasteiger partial charge in [0.2, 0.25) is 0 Å². The summed E-state index contributed by atoms with van der Waals surface area (Å²) in [6, 6.07) is 32.8. The minimum atomic E-state index is -0.561. The molecular formula is C26H25PS. The molecule has 0 bridgehead atoms. The van der Waals surface area contributed by atoms with Gasteiger partial charge in [0.25, 0.3) is 0 Å². The van der Waals surface area contributed by atoms with Crippen molar-refractivity contribution in [3.8, 4) is 0 Å². The molecular weight excluding hydrogens is 375 g/mol. The number of allylic oxidation sites excluding steroid dienone is 3. The third-order valence-corrected chi connectivity index (χ3v) is 8.54. The molecule has 2 heteroatoms. The largest absolute Gasteiger partial charge is 0.0974 e. The Labute approximate surface area is 174 Å². The molecule has 0 aliphatic heterocycles. The summed E-state index contributed by atoms with van der Waals surface area (Å²) in [7, 11) is -0.561. The van der Waals surface area contributed by atoms with Gasteiger partial charge in [0.15, 0.2) is 0 Å². The predicted molar refractivity (Wildman–Crippen MR) is 126 cm³/mol. The molecule has 140 valence electrons. The zero-order chi connectivity index (χ0) is 19.0. The van der Waals surface area contributed by atoms with Gasteiger partial charge in [-0.2, -0.15) is 0 Å². The second-order valence-electron chi connectivity index (χ2n) is 6.92. The molecule has 0 atom stereocenters. The SMILES string of the molecule is C1=C(/C(=C\Sc2ccccc2)P(c2ccccc2)c2ccccc2)CCCC1. The van der Waals surface area contributed by atoms with E-state index in [1.165, 1.54) is 46.5 Å². The van der Waals surface area contributed by atoms with Crippen LogP contribution in [0.25, 0.3) is 0 Å². The van der Waals surface area contributed by atoms with Crippen molar-refractivity contribution in [3.05, 3.63) is 113 Å². The van der Waals surface area contributed by atoms with Crippen LogP contribution in [0.1, 0.15) is 25.7 Å². The zero-order valence-electron chi connectivity index (χ0n) is 16.0. The molecule has 28 heavy (non-hydrogen) atoms. The smallest absolute Gasteiger partial charge is 0.0116 e. The van der Waals surface area contributed by atoms with Crippen molar-refractivity contribution in [2.24, 2.45) is 0 Å².